The lowest BCUT2D eigenvalue weighted by Gasteiger charge is -2.32. The number of piperidine rings is 1. The number of likely N-dealkylation sites (tertiary alicyclic amines) is 1. The average Bonchev–Trinajstić information content (AvgIpc) is 2.76. The number of nitrogens with one attached hydrogen (secondary N) is 1. The molecule has 1 N–H and O–H groups in total. The smallest absolute Gasteiger partial charge is 0.318 e. The number of halogens is 1. The van der Waals surface area contributed by atoms with Crippen LogP contribution in [0.2, 0.25) is 0 Å². The summed E-state index contributed by atoms with van der Waals surface area (Å²) in [5, 5.41) is 3.17. The summed E-state index contributed by atoms with van der Waals surface area (Å²) < 4.78 is 19.0. The summed E-state index contributed by atoms with van der Waals surface area (Å²) in [6.45, 7) is 7.58. The summed E-state index contributed by atoms with van der Waals surface area (Å²) >= 11 is 0. The van der Waals surface area contributed by atoms with Gasteiger partial charge in [-0.25, -0.2) is 9.18 Å². The number of pyridine rings is 1. The summed E-state index contributed by atoms with van der Waals surface area (Å²) in [5.74, 6) is 0.893. The van der Waals surface area contributed by atoms with Gasteiger partial charge < -0.3 is 19.9 Å². The maximum Gasteiger partial charge on any atom is 0.318 e. The third-order valence-electron chi connectivity index (χ3n) is 5.35. The molecule has 31 heavy (non-hydrogen) atoms. The maximum absolute atomic E-state index is 13.2. The van der Waals surface area contributed by atoms with Crippen LogP contribution >= 0.6 is 0 Å². The third kappa shape index (κ3) is 7.51. The zero-order valence-electron chi connectivity index (χ0n) is 18.7. The van der Waals surface area contributed by atoms with Crippen LogP contribution in [0.5, 0.6) is 5.75 Å². The molecule has 3 rings (SSSR count). The normalized spacial score (nSPS) is 15.1. The molecule has 0 aliphatic carbocycles. The van der Waals surface area contributed by atoms with Gasteiger partial charge in [0, 0.05) is 12.6 Å². The molecule has 0 unspecified atom stereocenters. The highest BCUT2D eigenvalue weighted by Gasteiger charge is 2.22. The first-order valence-corrected chi connectivity index (χ1v) is 10.9. The van der Waals surface area contributed by atoms with Gasteiger partial charge in [0.05, 0.1) is 25.0 Å². The van der Waals surface area contributed by atoms with Crippen LogP contribution in [0.25, 0.3) is 0 Å². The summed E-state index contributed by atoms with van der Waals surface area (Å²) in [7, 11) is 2.10. The Morgan fingerprint density at radius 2 is 1.90 bits per heavy atom. The number of urea groups is 1. The lowest BCUT2D eigenvalue weighted by Crippen LogP contribution is -2.48. The summed E-state index contributed by atoms with van der Waals surface area (Å²) in [6, 6.07) is 10.8. The molecule has 1 aromatic heterocycles. The molecular formula is C24H33FN4O2. The van der Waals surface area contributed by atoms with Crippen molar-refractivity contribution in [1.29, 1.82) is 0 Å². The van der Waals surface area contributed by atoms with Crippen molar-refractivity contribution < 1.29 is 13.9 Å². The minimum atomic E-state index is -0.386. The first-order chi connectivity index (χ1) is 14.9. The monoisotopic (exact) mass is 428 g/mol. The predicted molar refractivity (Wildman–Crippen MR) is 119 cm³/mol. The van der Waals surface area contributed by atoms with E-state index >= 15 is 0 Å². The fourth-order valence-corrected chi connectivity index (χ4v) is 3.49. The summed E-state index contributed by atoms with van der Waals surface area (Å²) in [6.07, 6.45) is 3.06. The predicted octanol–water partition coefficient (Wildman–Crippen LogP) is 4.06. The van der Waals surface area contributed by atoms with Gasteiger partial charge >= 0.3 is 6.03 Å². The van der Waals surface area contributed by atoms with Gasteiger partial charge in [-0.15, -0.1) is 0 Å². The van der Waals surface area contributed by atoms with Gasteiger partial charge in [0.25, 0.3) is 0 Å². The molecule has 1 fully saturated rings. The number of hydrogen-bond acceptors (Lipinski definition) is 4. The molecule has 0 bridgehead atoms. The van der Waals surface area contributed by atoms with Gasteiger partial charge in [0.1, 0.15) is 11.6 Å². The van der Waals surface area contributed by atoms with E-state index in [9.17, 15) is 9.18 Å². The fourth-order valence-electron chi connectivity index (χ4n) is 3.49. The Labute approximate surface area is 184 Å². The summed E-state index contributed by atoms with van der Waals surface area (Å²) in [5.41, 5.74) is 1.65. The molecule has 0 radical (unpaired) electrons. The van der Waals surface area contributed by atoms with E-state index in [2.05, 4.69) is 36.1 Å². The number of amides is 2. The fraction of sp³-hybridized carbons (Fsp3) is 0.500. The van der Waals surface area contributed by atoms with E-state index in [-0.39, 0.29) is 17.9 Å². The molecular weight excluding hydrogens is 395 g/mol. The number of benzene rings is 1. The van der Waals surface area contributed by atoms with Crippen LogP contribution in [-0.2, 0) is 13.1 Å². The van der Waals surface area contributed by atoms with E-state index < -0.39 is 0 Å². The van der Waals surface area contributed by atoms with Crippen molar-refractivity contribution in [2.45, 2.75) is 45.8 Å². The van der Waals surface area contributed by atoms with Crippen molar-refractivity contribution in [3.05, 3.63) is 59.7 Å². The highest BCUT2D eigenvalue weighted by molar-refractivity contribution is 5.74. The van der Waals surface area contributed by atoms with Gasteiger partial charge in [0.2, 0.25) is 0 Å². The molecule has 2 heterocycles. The van der Waals surface area contributed by atoms with E-state index in [1.807, 2.05) is 24.3 Å². The van der Waals surface area contributed by atoms with Crippen LogP contribution in [0.4, 0.5) is 9.18 Å². The Bertz CT molecular complexity index is 818. The summed E-state index contributed by atoms with van der Waals surface area (Å²) in [4.78, 5) is 21.2. The second-order valence-corrected chi connectivity index (χ2v) is 8.70. The van der Waals surface area contributed by atoms with Crippen LogP contribution in [0.3, 0.4) is 0 Å². The minimum Gasteiger partial charge on any atom is -0.493 e. The lowest BCUT2D eigenvalue weighted by molar-refractivity contribution is 0.175. The van der Waals surface area contributed by atoms with E-state index in [1.165, 1.54) is 12.3 Å². The highest BCUT2D eigenvalue weighted by atomic mass is 19.1. The molecule has 168 valence electrons. The Hall–Kier alpha value is -2.67. The average molecular weight is 429 g/mol. The number of aromatic nitrogens is 1. The Morgan fingerprint density at radius 1 is 1.19 bits per heavy atom. The second-order valence-electron chi connectivity index (χ2n) is 8.70. The molecule has 1 aliphatic rings. The molecule has 0 atom stereocenters. The van der Waals surface area contributed by atoms with Crippen LogP contribution in [0.1, 0.15) is 37.9 Å². The van der Waals surface area contributed by atoms with E-state index in [4.69, 9.17) is 4.74 Å². The molecule has 2 amide bonds. The minimum absolute atomic E-state index is 0.124. The van der Waals surface area contributed by atoms with E-state index in [1.54, 1.807) is 11.0 Å². The SMILES string of the molecule is CC(C)COc1ccc(CN(Cc2ccc(F)cn2)C(=O)NC2CCN(C)CC2)cc1. The molecule has 2 aromatic rings. The number of nitrogens with zero attached hydrogens (tertiary/aromatic N) is 3. The Balaban J connectivity index is 1.67. The number of hydrogen-bond donors (Lipinski definition) is 1. The van der Waals surface area contributed by atoms with Crippen molar-refractivity contribution >= 4 is 6.03 Å². The van der Waals surface area contributed by atoms with Gasteiger partial charge in [-0.3, -0.25) is 4.98 Å². The Kier molecular flexibility index (Phi) is 8.23. The Morgan fingerprint density at radius 3 is 2.52 bits per heavy atom. The van der Waals surface area contributed by atoms with E-state index in [0.29, 0.717) is 31.3 Å². The highest BCUT2D eigenvalue weighted by Crippen LogP contribution is 2.17. The molecule has 1 aliphatic heterocycles. The standard InChI is InChI=1S/C24H33FN4O2/c1-18(2)17-31-23-8-4-19(5-9-23)15-29(16-22-7-6-20(25)14-26-22)24(30)27-21-10-12-28(3)13-11-21/h4-9,14,18,21H,10-13,15-17H2,1-3H3,(H,27,30). The second kappa shape index (κ2) is 11.1. The van der Waals surface area contributed by atoms with E-state index in [0.717, 1.165) is 37.2 Å². The maximum atomic E-state index is 13.2. The van der Waals surface area contributed by atoms with Crippen molar-refractivity contribution in [3.63, 3.8) is 0 Å². The van der Waals surface area contributed by atoms with Crippen molar-refractivity contribution in [2.75, 3.05) is 26.7 Å². The van der Waals surface area contributed by atoms with Crippen molar-refractivity contribution in [3.8, 4) is 5.75 Å². The number of carbonyl (C=O) groups is 1. The number of ether oxygens (including phenoxy) is 1. The third-order valence-corrected chi connectivity index (χ3v) is 5.35. The first-order valence-electron chi connectivity index (χ1n) is 10.9. The molecule has 7 heteroatoms. The number of carbonyl (C=O) groups excluding carboxylic acids is 1. The molecule has 1 aromatic carbocycles. The quantitative estimate of drug-likeness (QED) is 0.689. The largest absolute Gasteiger partial charge is 0.493 e. The molecule has 0 saturated carbocycles. The van der Waals surface area contributed by atoms with Gasteiger partial charge in [-0.05, 0) is 68.7 Å². The zero-order chi connectivity index (χ0) is 22.2. The van der Waals surface area contributed by atoms with Crippen LogP contribution in [-0.4, -0.2) is 53.6 Å². The van der Waals surface area contributed by atoms with Crippen LogP contribution in [0, 0.1) is 11.7 Å². The molecule has 1 saturated heterocycles. The molecule has 0 spiro atoms. The molecule has 6 nitrogen and oxygen atoms in total. The van der Waals surface area contributed by atoms with Gasteiger partial charge in [-0.2, -0.15) is 0 Å². The van der Waals surface area contributed by atoms with Crippen LogP contribution in [0.15, 0.2) is 42.6 Å². The number of rotatable bonds is 8. The van der Waals surface area contributed by atoms with Crippen molar-refractivity contribution in [1.82, 2.24) is 20.1 Å². The van der Waals surface area contributed by atoms with Gasteiger partial charge in [-0.1, -0.05) is 26.0 Å². The zero-order valence-corrected chi connectivity index (χ0v) is 18.7. The van der Waals surface area contributed by atoms with Crippen LogP contribution < -0.4 is 10.1 Å². The topological polar surface area (TPSA) is 57.7 Å². The first kappa shape index (κ1) is 23.0. The van der Waals surface area contributed by atoms with Crippen molar-refractivity contribution in [2.24, 2.45) is 5.92 Å². The van der Waals surface area contributed by atoms with Gasteiger partial charge in [0.15, 0.2) is 0 Å². The lowest BCUT2D eigenvalue weighted by atomic mass is 10.1.